The third-order valence-corrected chi connectivity index (χ3v) is 8.72. The number of alkyl halides is 3. The summed E-state index contributed by atoms with van der Waals surface area (Å²) in [5.41, 5.74) is -1.09. The van der Waals surface area contributed by atoms with Crippen molar-refractivity contribution in [2.24, 2.45) is 5.92 Å². The SMILES string of the molecule is CC(=O)NC1CC([C@H]2CN(S(=O)(=O)c3cccc(C(F)(F)F)c3)c3cc(-c4cc(F)ccc4F)ccc3O2)C1. The first-order valence-corrected chi connectivity index (χ1v) is 13.5. The van der Waals surface area contributed by atoms with Crippen LogP contribution in [-0.2, 0) is 21.0 Å². The van der Waals surface area contributed by atoms with Gasteiger partial charge in [-0.2, -0.15) is 13.2 Å². The summed E-state index contributed by atoms with van der Waals surface area (Å²) in [6.07, 6.45) is -4.35. The highest BCUT2D eigenvalue weighted by Gasteiger charge is 2.43. The summed E-state index contributed by atoms with van der Waals surface area (Å²) < 4.78 is 103. The second-order valence-electron chi connectivity index (χ2n) is 9.65. The van der Waals surface area contributed by atoms with Gasteiger partial charge in [0.25, 0.3) is 10.0 Å². The summed E-state index contributed by atoms with van der Waals surface area (Å²) in [5.74, 6) is -1.64. The molecule has 0 saturated heterocycles. The Morgan fingerprint density at radius 1 is 1.03 bits per heavy atom. The molecule has 0 radical (unpaired) electrons. The molecule has 1 amide bonds. The first kappa shape index (κ1) is 26.9. The lowest BCUT2D eigenvalue weighted by Crippen LogP contribution is -2.54. The molecule has 1 saturated carbocycles. The molecule has 206 valence electrons. The van der Waals surface area contributed by atoms with E-state index in [1.807, 2.05) is 0 Å². The monoisotopic (exact) mass is 566 g/mol. The minimum atomic E-state index is -4.76. The molecule has 1 N–H and O–H groups in total. The predicted molar refractivity (Wildman–Crippen MR) is 133 cm³/mol. The molecule has 0 aromatic heterocycles. The van der Waals surface area contributed by atoms with Gasteiger partial charge in [-0.05, 0) is 66.9 Å². The molecule has 1 aliphatic heterocycles. The topological polar surface area (TPSA) is 75.7 Å². The number of anilines is 1. The van der Waals surface area contributed by atoms with Crippen molar-refractivity contribution in [3.8, 4) is 16.9 Å². The van der Waals surface area contributed by atoms with Crippen LogP contribution in [0.3, 0.4) is 0 Å². The van der Waals surface area contributed by atoms with Crippen molar-refractivity contribution < 1.29 is 39.9 Å². The lowest BCUT2D eigenvalue weighted by molar-refractivity contribution is -0.137. The van der Waals surface area contributed by atoms with E-state index >= 15 is 0 Å². The number of carbonyl (C=O) groups is 1. The summed E-state index contributed by atoms with van der Waals surface area (Å²) in [4.78, 5) is 10.8. The Morgan fingerprint density at radius 2 is 1.77 bits per heavy atom. The van der Waals surface area contributed by atoms with Crippen molar-refractivity contribution in [3.05, 3.63) is 77.9 Å². The number of rotatable bonds is 5. The van der Waals surface area contributed by atoms with Crippen molar-refractivity contribution in [1.82, 2.24) is 5.32 Å². The van der Waals surface area contributed by atoms with Crippen molar-refractivity contribution in [2.75, 3.05) is 10.8 Å². The molecule has 3 aromatic carbocycles. The van der Waals surface area contributed by atoms with E-state index in [2.05, 4.69) is 5.32 Å². The zero-order chi connectivity index (χ0) is 28.1. The molecule has 1 atom stereocenters. The number of sulfonamides is 1. The summed E-state index contributed by atoms with van der Waals surface area (Å²) in [6.45, 7) is 1.17. The Kier molecular flexibility index (Phi) is 6.78. The highest BCUT2D eigenvalue weighted by atomic mass is 32.2. The Hall–Kier alpha value is -3.67. The van der Waals surface area contributed by atoms with Crippen LogP contribution in [0, 0.1) is 17.6 Å². The first-order chi connectivity index (χ1) is 18.3. The van der Waals surface area contributed by atoms with Gasteiger partial charge < -0.3 is 10.1 Å². The molecule has 12 heteroatoms. The van der Waals surface area contributed by atoms with Gasteiger partial charge >= 0.3 is 6.18 Å². The van der Waals surface area contributed by atoms with Crippen LogP contribution in [0.4, 0.5) is 27.6 Å². The number of hydrogen-bond donors (Lipinski definition) is 1. The molecule has 1 heterocycles. The smallest absolute Gasteiger partial charge is 0.416 e. The fourth-order valence-electron chi connectivity index (χ4n) is 4.96. The van der Waals surface area contributed by atoms with Gasteiger partial charge in [0.15, 0.2) is 0 Å². The van der Waals surface area contributed by atoms with Crippen molar-refractivity contribution >= 4 is 21.6 Å². The van der Waals surface area contributed by atoms with Crippen molar-refractivity contribution in [1.29, 1.82) is 0 Å². The van der Waals surface area contributed by atoms with Gasteiger partial charge in [-0.1, -0.05) is 12.1 Å². The standard InChI is InChI=1S/C27H23F5N2O4S/c1-15(35)33-20-9-17(10-20)26-14-34(39(36,37)21-4-2-3-18(12-21)27(30,31)32)24-11-16(5-8-25(24)38-26)22-13-19(28)6-7-23(22)29/h2-8,11-13,17,20,26H,9-10,14H2,1H3,(H,33,35)/t17?,20?,26-/m1/s1. The third kappa shape index (κ3) is 5.29. The maximum Gasteiger partial charge on any atom is 0.416 e. The molecular weight excluding hydrogens is 543 g/mol. The van der Waals surface area contributed by atoms with E-state index in [1.54, 1.807) is 0 Å². The largest absolute Gasteiger partial charge is 0.486 e. The molecule has 0 bridgehead atoms. The van der Waals surface area contributed by atoms with Gasteiger partial charge in [-0.15, -0.1) is 0 Å². The molecule has 0 spiro atoms. The number of hydrogen-bond acceptors (Lipinski definition) is 4. The van der Waals surface area contributed by atoms with E-state index in [4.69, 9.17) is 4.74 Å². The van der Waals surface area contributed by atoms with E-state index in [-0.39, 0.29) is 47.0 Å². The predicted octanol–water partition coefficient (Wildman–Crippen LogP) is 5.52. The van der Waals surface area contributed by atoms with E-state index in [0.29, 0.717) is 18.9 Å². The molecule has 3 aromatic rings. The van der Waals surface area contributed by atoms with Gasteiger partial charge in [0.2, 0.25) is 5.91 Å². The van der Waals surface area contributed by atoms with Crippen LogP contribution in [0.1, 0.15) is 25.3 Å². The van der Waals surface area contributed by atoms with Crippen LogP contribution in [0.15, 0.2) is 65.6 Å². The van der Waals surface area contributed by atoms with Crippen LogP contribution in [0.2, 0.25) is 0 Å². The normalized spacial score (nSPS) is 21.0. The fourth-order valence-corrected chi connectivity index (χ4v) is 6.49. The quantitative estimate of drug-likeness (QED) is 0.413. The first-order valence-electron chi connectivity index (χ1n) is 12.1. The molecule has 1 fully saturated rings. The van der Waals surface area contributed by atoms with E-state index in [1.165, 1.54) is 25.1 Å². The Bertz CT molecular complexity index is 1540. The van der Waals surface area contributed by atoms with Crippen molar-refractivity contribution in [3.63, 3.8) is 0 Å². The van der Waals surface area contributed by atoms with Crippen LogP contribution in [-0.4, -0.2) is 33.0 Å². The number of benzene rings is 3. The summed E-state index contributed by atoms with van der Waals surface area (Å²) >= 11 is 0. The minimum Gasteiger partial charge on any atom is -0.486 e. The molecule has 0 unspecified atom stereocenters. The minimum absolute atomic E-state index is 0.0115. The number of fused-ring (bicyclic) bond motifs is 1. The highest BCUT2D eigenvalue weighted by molar-refractivity contribution is 7.92. The van der Waals surface area contributed by atoms with Gasteiger partial charge in [0.1, 0.15) is 23.5 Å². The molecule has 1 aliphatic carbocycles. The van der Waals surface area contributed by atoms with Crippen molar-refractivity contribution in [2.45, 2.75) is 43.0 Å². The number of ether oxygens (including phenoxy) is 1. The van der Waals surface area contributed by atoms with Gasteiger partial charge in [-0.25, -0.2) is 17.2 Å². The number of nitrogens with zero attached hydrogens (tertiary/aromatic N) is 1. The molecular formula is C27H23F5N2O4S. The number of halogens is 5. The number of nitrogens with one attached hydrogen (secondary N) is 1. The van der Waals surface area contributed by atoms with Crippen LogP contribution >= 0.6 is 0 Å². The van der Waals surface area contributed by atoms with E-state index < -0.39 is 44.4 Å². The van der Waals surface area contributed by atoms with Crippen LogP contribution in [0.25, 0.3) is 11.1 Å². The van der Waals surface area contributed by atoms with Gasteiger partial charge in [-0.3, -0.25) is 9.10 Å². The van der Waals surface area contributed by atoms with Crippen LogP contribution < -0.4 is 14.4 Å². The zero-order valence-electron chi connectivity index (χ0n) is 20.5. The second kappa shape index (κ2) is 9.82. The maximum atomic E-state index is 14.5. The second-order valence-corrected chi connectivity index (χ2v) is 11.5. The third-order valence-electron chi connectivity index (χ3n) is 6.95. The maximum absolute atomic E-state index is 14.5. The summed E-state index contributed by atoms with van der Waals surface area (Å²) in [7, 11) is -4.54. The van der Waals surface area contributed by atoms with Gasteiger partial charge in [0, 0.05) is 24.4 Å². The van der Waals surface area contributed by atoms with E-state index in [9.17, 15) is 35.2 Å². The lowest BCUT2D eigenvalue weighted by Gasteiger charge is -2.44. The molecule has 6 nitrogen and oxygen atoms in total. The summed E-state index contributed by atoms with van der Waals surface area (Å²) in [6, 6.07) is 10.4. The highest BCUT2D eigenvalue weighted by Crippen LogP contribution is 2.44. The Balaban J connectivity index is 1.56. The number of carbonyl (C=O) groups excluding carboxylic acids is 1. The zero-order valence-corrected chi connectivity index (χ0v) is 21.3. The average Bonchev–Trinajstić information content (AvgIpc) is 2.86. The molecule has 5 rings (SSSR count). The van der Waals surface area contributed by atoms with Gasteiger partial charge in [0.05, 0.1) is 22.7 Å². The number of amides is 1. The van der Waals surface area contributed by atoms with E-state index in [0.717, 1.165) is 40.7 Å². The fraction of sp³-hybridized carbons (Fsp3) is 0.296. The average molecular weight is 567 g/mol. The Morgan fingerprint density at radius 3 is 2.46 bits per heavy atom. The molecule has 39 heavy (non-hydrogen) atoms. The lowest BCUT2D eigenvalue weighted by atomic mass is 9.76. The van der Waals surface area contributed by atoms with Crippen LogP contribution in [0.5, 0.6) is 5.75 Å². The Labute approximate surface area is 221 Å². The molecule has 2 aliphatic rings. The summed E-state index contributed by atoms with van der Waals surface area (Å²) in [5, 5.41) is 2.79.